The minimum Gasteiger partial charge on any atom is -0.383 e. The highest BCUT2D eigenvalue weighted by molar-refractivity contribution is 5.71. The zero-order valence-corrected chi connectivity index (χ0v) is 8.46. The quantitative estimate of drug-likeness (QED) is 0.657. The molecule has 5 nitrogen and oxygen atoms in total. The van der Waals surface area contributed by atoms with E-state index in [1.165, 1.54) is 12.1 Å². The molecule has 0 spiro atoms. The number of rotatable bonds is 4. The smallest absolute Gasteiger partial charge is 0.312 e. The Morgan fingerprint density at radius 1 is 1.50 bits per heavy atom. The summed E-state index contributed by atoms with van der Waals surface area (Å²) in [5.41, 5.74) is 5.41. The van der Waals surface area contributed by atoms with E-state index in [0.29, 0.717) is 18.8 Å². The van der Waals surface area contributed by atoms with E-state index in [4.69, 9.17) is 11.0 Å². The van der Waals surface area contributed by atoms with Crippen molar-refractivity contribution in [2.45, 2.75) is 0 Å². The van der Waals surface area contributed by atoms with E-state index in [2.05, 4.69) is 10.6 Å². The van der Waals surface area contributed by atoms with Crippen LogP contribution in [0.2, 0.25) is 0 Å². The number of urea groups is 1. The molecule has 16 heavy (non-hydrogen) atoms. The number of hydrogen-bond donors (Lipinski definition) is 3. The molecular formula is C10H11FN4O. The molecule has 0 saturated carbocycles. The highest BCUT2D eigenvalue weighted by Crippen LogP contribution is 2.13. The molecule has 0 fully saturated rings. The molecule has 0 aliphatic rings. The number of nitrogens with one attached hydrogen (secondary N) is 2. The summed E-state index contributed by atoms with van der Waals surface area (Å²) in [5, 5.41) is 13.8. The number of carbonyl (C=O) groups excluding carboxylic acids is 1. The summed E-state index contributed by atoms with van der Waals surface area (Å²) < 4.78 is 13.1. The Hall–Kier alpha value is -2.29. The highest BCUT2D eigenvalue weighted by atomic mass is 19.1. The second kappa shape index (κ2) is 5.56. The Balaban J connectivity index is 2.47. The van der Waals surface area contributed by atoms with Gasteiger partial charge in [-0.15, -0.1) is 0 Å². The summed E-state index contributed by atoms with van der Waals surface area (Å²) in [4.78, 5) is 10.3. The van der Waals surface area contributed by atoms with Crippen LogP contribution in [-0.2, 0) is 0 Å². The maximum absolute atomic E-state index is 13.1. The fourth-order valence-electron chi connectivity index (χ4n) is 1.11. The van der Waals surface area contributed by atoms with Crippen molar-refractivity contribution in [1.29, 1.82) is 5.26 Å². The van der Waals surface area contributed by atoms with Crippen LogP contribution in [0.4, 0.5) is 14.9 Å². The van der Waals surface area contributed by atoms with Crippen LogP contribution in [0.25, 0.3) is 0 Å². The van der Waals surface area contributed by atoms with E-state index in [0.717, 1.165) is 0 Å². The minimum atomic E-state index is -0.604. The molecule has 84 valence electrons. The third-order valence-electron chi connectivity index (χ3n) is 1.84. The molecule has 0 aliphatic heterocycles. The maximum Gasteiger partial charge on any atom is 0.312 e. The summed E-state index contributed by atoms with van der Waals surface area (Å²) in [5.74, 6) is -0.574. The first kappa shape index (κ1) is 11.8. The van der Waals surface area contributed by atoms with Crippen molar-refractivity contribution in [3.8, 4) is 6.07 Å². The molecule has 1 rings (SSSR count). The summed E-state index contributed by atoms with van der Waals surface area (Å²) in [7, 11) is 0. The lowest BCUT2D eigenvalue weighted by molar-refractivity contribution is 0.249. The molecule has 0 aliphatic carbocycles. The summed E-state index contributed by atoms with van der Waals surface area (Å²) in [6.07, 6.45) is 0. The number of carbonyl (C=O) groups is 1. The van der Waals surface area contributed by atoms with Gasteiger partial charge >= 0.3 is 6.03 Å². The normalized spacial score (nSPS) is 9.25. The number of benzene rings is 1. The van der Waals surface area contributed by atoms with Crippen molar-refractivity contribution >= 4 is 11.7 Å². The largest absolute Gasteiger partial charge is 0.383 e. The van der Waals surface area contributed by atoms with Crippen molar-refractivity contribution in [3.63, 3.8) is 0 Å². The van der Waals surface area contributed by atoms with Crippen LogP contribution >= 0.6 is 0 Å². The molecule has 4 N–H and O–H groups in total. The summed E-state index contributed by atoms with van der Waals surface area (Å²) >= 11 is 0. The Bertz CT molecular complexity index is 427. The Morgan fingerprint density at radius 2 is 2.25 bits per heavy atom. The fraction of sp³-hybridized carbons (Fsp3) is 0.200. The fourth-order valence-corrected chi connectivity index (χ4v) is 1.11. The van der Waals surface area contributed by atoms with E-state index in [1.807, 2.05) is 0 Å². The Morgan fingerprint density at radius 3 is 2.81 bits per heavy atom. The van der Waals surface area contributed by atoms with Gasteiger partial charge in [0.15, 0.2) is 0 Å². The summed E-state index contributed by atoms with van der Waals surface area (Å²) in [6.45, 7) is 0.769. The lowest BCUT2D eigenvalue weighted by Crippen LogP contribution is -2.33. The molecule has 0 radical (unpaired) electrons. The number of anilines is 1. The van der Waals surface area contributed by atoms with Crippen molar-refractivity contribution in [3.05, 3.63) is 29.6 Å². The predicted octanol–water partition coefficient (Wildman–Crippen LogP) is 0.778. The van der Waals surface area contributed by atoms with Gasteiger partial charge in [-0.05, 0) is 18.2 Å². The number of nitriles is 1. The number of primary amides is 1. The first-order chi connectivity index (χ1) is 7.63. The van der Waals surface area contributed by atoms with Crippen molar-refractivity contribution < 1.29 is 9.18 Å². The number of amides is 2. The van der Waals surface area contributed by atoms with Gasteiger partial charge < -0.3 is 16.4 Å². The third-order valence-corrected chi connectivity index (χ3v) is 1.84. The molecule has 2 amide bonds. The van der Waals surface area contributed by atoms with Gasteiger partial charge in [0.2, 0.25) is 0 Å². The molecule has 0 atom stereocenters. The van der Waals surface area contributed by atoms with Gasteiger partial charge in [-0.3, -0.25) is 0 Å². The lowest BCUT2D eigenvalue weighted by atomic mass is 10.2. The van der Waals surface area contributed by atoms with Crippen LogP contribution in [0, 0.1) is 17.1 Å². The predicted molar refractivity (Wildman–Crippen MR) is 57.2 cm³/mol. The van der Waals surface area contributed by atoms with Gasteiger partial charge in [-0.25, -0.2) is 9.18 Å². The van der Waals surface area contributed by atoms with Crippen molar-refractivity contribution in [2.24, 2.45) is 5.73 Å². The van der Waals surface area contributed by atoms with E-state index in [9.17, 15) is 9.18 Å². The molecular weight excluding hydrogens is 211 g/mol. The van der Waals surface area contributed by atoms with Gasteiger partial charge in [0.1, 0.15) is 11.9 Å². The average Bonchev–Trinajstić information content (AvgIpc) is 2.24. The molecule has 0 aromatic heterocycles. The van der Waals surface area contributed by atoms with E-state index in [1.54, 1.807) is 12.1 Å². The topological polar surface area (TPSA) is 90.9 Å². The van der Waals surface area contributed by atoms with E-state index in [-0.39, 0.29) is 5.56 Å². The second-order valence-electron chi connectivity index (χ2n) is 3.02. The zero-order chi connectivity index (χ0) is 12.0. The van der Waals surface area contributed by atoms with Gasteiger partial charge in [-0.1, -0.05) is 0 Å². The zero-order valence-electron chi connectivity index (χ0n) is 8.46. The van der Waals surface area contributed by atoms with Crippen LogP contribution < -0.4 is 16.4 Å². The standard InChI is InChI=1S/C10H11FN4O/c11-9-5-8(2-1-7(9)6-12)14-3-4-15-10(13)16/h1-2,5,14H,3-4H2,(H3,13,15,16). The first-order valence-electron chi connectivity index (χ1n) is 4.60. The SMILES string of the molecule is N#Cc1ccc(NCCNC(N)=O)cc1F. The number of nitrogens with zero attached hydrogens (tertiary/aromatic N) is 1. The molecule has 6 heteroatoms. The molecule has 1 aromatic rings. The van der Waals surface area contributed by atoms with Crippen LogP contribution in [0.3, 0.4) is 0 Å². The van der Waals surface area contributed by atoms with Crippen molar-refractivity contribution in [2.75, 3.05) is 18.4 Å². The van der Waals surface area contributed by atoms with Crippen LogP contribution in [0.1, 0.15) is 5.56 Å². The Kier molecular flexibility index (Phi) is 4.09. The van der Waals surface area contributed by atoms with Crippen LogP contribution in [0.5, 0.6) is 0 Å². The van der Waals surface area contributed by atoms with Crippen molar-refractivity contribution in [1.82, 2.24) is 5.32 Å². The minimum absolute atomic E-state index is 0.000751. The average molecular weight is 222 g/mol. The van der Waals surface area contributed by atoms with E-state index < -0.39 is 11.8 Å². The number of halogens is 1. The number of nitrogens with two attached hydrogens (primary N) is 1. The van der Waals surface area contributed by atoms with Gasteiger partial charge in [0.25, 0.3) is 0 Å². The van der Waals surface area contributed by atoms with E-state index >= 15 is 0 Å². The highest BCUT2D eigenvalue weighted by Gasteiger charge is 2.01. The van der Waals surface area contributed by atoms with Gasteiger partial charge in [0.05, 0.1) is 5.56 Å². The monoisotopic (exact) mass is 222 g/mol. The molecule has 0 heterocycles. The molecule has 1 aromatic carbocycles. The van der Waals surface area contributed by atoms with Gasteiger partial charge in [0, 0.05) is 18.8 Å². The first-order valence-corrected chi connectivity index (χ1v) is 4.60. The molecule has 0 saturated heterocycles. The second-order valence-corrected chi connectivity index (χ2v) is 3.02. The third kappa shape index (κ3) is 3.46. The number of hydrogen-bond acceptors (Lipinski definition) is 3. The lowest BCUT2D eigenvalue weighted by Gasteiger charge is -2.06. The molecule has 0 unspecified atom stereocenters. The van der Waals surface area contributed by atoms with Gasteiger partial charge in [-0.2, -0.15) is 5.26 Å². The van der Waals surface area contributed by atoms with Crippen LogP contribution in [-0.4, -0.2) is 19.1 Å². The Labute approximate surface area is 92.1 Å². The summed E-state index contributed by atoms with van der Waals surface area (Å²) in [6, 6.07) is 5.33. The van der Waals surface area contributed by atoms with Crippen LogP contribution in [0.15, 0.2) is 18.2 Å². The molecule has 0 bridgehead atoms. The maximum atomic E-state index is 13.1.